The average Bonchev–Trinajstić information content (AvgIpc) is 2.94. The van der Waals surface area contributed by atoms with Gasteiger partial charge in [-0.05, 0) is 18.9 Å². The number of amides is 1. The Bertz CT molecular complexity index is 421. The molecular formula is C11H14F3N3OS. The Labute approximate surface area is 112 Å². The second kappa shape index (κ2) is 5.87. The lowest BCUT2D eigenvalue weighted by Crippen LogP contribution is -2.34. The highest BCUT2D eigenvalue weighted by Gasteiger charge is 2.34. The van der Waals surface area contributed by atoms with Gasteiger partial charge >= 0.3 is 6.18 Å². The van der Waals surface area contributed by atoms with Gasteiger partial charge in [-0.1, -0.05) is 0 Å². The molecule has 106 valence electrons. The Balaban J connectivity index is 1.72. The topological polar surface area (TPSA) is 45.2 Å². The van der Waals surface area contributed by atoms with Crippen molar-refractivity contribution in [2.75, 3.05) is 26.2 Å². The second-order valence-corrected chi connectivity index (χ2v) is 5.31. The number of nitrogens with zero attached hydrogens (tertiary/aromatic N) is 2. The predicted octanol–water partition coefficient (Wildman–Crippen LogP) is 1.76. The maximum atomic E-state index is 12.2. The maximum Gasteiger partial charge on any atom is 0.401 e. The van der Waals surface area contributed by atoms with Gasteiger partial charge in [-0.25, -0.2) is 4.98 Å². The van der Waals surface area contributed by atoms with Crippen LogP contribution < -0.4 is 5.32 Å². The first-order valence-corrected chi connectivity index (χ1v) is 6.84. The number of carbonyl (C=O) groups excluding carboxylic acids is 1. The number of halogens is 3. The summed E-state index contributed by atoms with van der Waals surface area (Å²) in [7, 11) is 0. The number of alkyl halides is 3. The number of nitrogens with one attached hydrogen (secondary N) is 1. The zero-order chi connectivity index (χ0) is 13.9. The highest BCUT2D eigenvalue weighted by Crippen LogP contribution is 2.22. The zero-order valence-corrected chi connectivity index (χ0v) is 10.9. The van der Waals surface area contributed by atoms with E-state index in [0.29, 0.717) is 31.7 Å². The first-order chi connectivity index (χ1) is 8.94. The molecule has 2 heterocycles. The van der Waals surface area contributed by atoms with Crippen LogP contribution in [0.15, 0.2) is 10.9 Å². The van der Waals surface area contributed by atoms with Gasteiger partial charge in [0.05, 0.1) is 12.1 Å². The molecule has 8 heteroatoms. The van der Waals surface area contributed by atoms with Crippen molar-refractivity contribution in [2.45, 2.75) is 12.6 Å². The number of rotatable bonds is 4. The van der Waals surface area contributed by atoms with E-state index in [1.165, 1.54) is 16.2 Å². The van der Waals surface area contributed by atoms with Crippen LogP contribution in [-0.4, -0.2) is 48.1 Å². The lowest BCUT2D eigenvalue weighted by molar-refractivity contribution is -0.143. The second-order valence-electron chi connectivity index (χ2n) is 4.59. The lowest BCUT2D eigenvalue weighted by atomic mass is 10.1. The molecule has 0 aromatic carbocycles. The molecule has 0 saturated carbocycles. The van der Waals surface area contributed by atoms with Crippen LogP contribution in [0.4, 0.5) is 13.2 Å². The molecule has 0 spiro atoms. The van der Waals surface area contributed by atoms with E-state index < -0.39 is 12.7 Å². The van der Waals surface area contributed by atoms with Gasteiger partial charge in [0, 0.05) is 18.5 Å². The summed E-state index contributed by atoms with van der Waals surface area (Å²) in [5.74, 6) is -0.194. The van der Waals surface area contributed by atoms with E-state index in [1.54, 1.807) is 10.9 Å². The summed E-state index contributed by atoms with van der Waals surface area (Å²) in [6.45, 7) is 0.321. The quantitative estimate of drug-likeness (QED) is 0.920. The first kappa shape index (κ1) is 14.3. The molecule has 0 radical (unpaired) electrons. The summed E-state index contributed by atoms with van der Waals surface area (Å²) in [5, 5.41) is 4.35. The van der Waals surface area contributed by atoms with Crippen molar-refractivity contribution in [3.8, 4) is 0 Å². The van der Waals surface area contributed by atoms with E-state index in [-0.39, 0.29) is 11.8 Å². The van der Waals surface area contributed by atoms with Gasteiger partial charge in [0.2, 0.25) is 0 Å². The van der Waals surface area contributed by atoms with Crippen molar-refractivity contribution in [1.82, 2.24) is 15.2 Å². The summed E-state index contributed by atoms with van der Waals surface area (Å²) in [6, 6.07) is 0. The predicted molar refractivity (Wildman–Crippen MR) is 65.0 cm³/mol. The fourth-order valence-electron chi connectivity index (χ4n) is 2.13. The van der Waals surface area contributed by atoms with Gasteiger partial charge in [0.15, 0.2) is 0 Å². The minimum atomic E-state index is -4.15. The Kier molecular flexibility index (Phi) is 4.41. The van der Waals surface area contributed by atoms with E-state index in [9.17, 15) is 18.0 Å². The van der Waals surface area contributed by atoms with E-state index in [2.05, 4.69) is 10.3 Å². The molecule has 2 rings (SSSR count). The molecule has 1 saturated heterocycles. The maximum absolute atomic E-state index is 12.2. The molecule has 1 fully saturated rings. The Hall–Kier alpha value is -1.15. The van der Waals surface area contributed by atoms with Crippen LogP contribution in [0.25, 0.3) is 0 Å². The van der Waals surface area contributed by atoms with Crippen molar-refractivity contribution in [2.24, 2.45) is 5.92 Å². The molecule has 19 heavy (non-hydrogen) atoms. The molecule has 0 bridgehead atoms. The molecule has 1 aromatic heterocycles. The molecule has 0 aliphatic carbocycles. The Morgan fingerprint density at radius 1 is 1.58 bits per heavy atom. The van der Waals surface area contributed by atoms with Crippen LogP contribution >= 0.6 is 11.3 Å². The molecular weight excluding hydrogens is 279 g/mol. The number of likely N-dealkylation sites (tertiary alicyclic amines) is 1. The largest absolute Gasteiger partial charge is 0.401 e. The molecule has 4 nitrogen and oxygen atoms in total. The van der Waals surface area contributed by atoms with Gasteiger partial charge < -0.3 is 5.32 Å². The monoisotopic (exact) mass is 293 g/mol. The molecule has 1 aromatic rings. The number of hydrogen-bond donors (Lipinski definition) is 1. The molecule has 1 aliphatic heterocycles. The minimum absolute atomic E-state index is 0.0740. The average molecular weight is 293 g/mol. The fraction of sp³-hybridized carbons (Fsp3) is 0.636. The van der Waals surface area contributed by atoms with Gasteiger partial charge in [-0.15, -0.1) is 11.3 Å². The minimum Gasteiger partial charge on any atom is -0.350 e. The van der Waals surface area contributed by atoms with Crippen LogP contribution in [0.5, 0.6) is 0 Å². The van der Waals surface area contributed by atoms with Crippen molar-refractivity contribution >= 4 is 17.2 Å². The van der Waals surface area contributed by atoms with E-state index >= 15 is 0 Å². The highest BCUT2D eigenvalue weighted by atomic mass is 32.1. The molecule has 1 amide bonds. The SMILES string of the molecule is O=C(NCC1CCN(CC(F)(F)F)C1)c1cscn1. The Morgan fingerprint density at radius 2 is 2.37 bits per heavy atom. The lowest BCUT2D eigenvalue weighted by Gasteiger charge is -2.17. The van der Waals surface area contributed by atoms with Gasteiger partial charge in [0.25, 0.3) is 5.91 Å². The van der Waals surface area contributed by atoms with Crippen molar-refractivity contribution in [1.29, 1.82) is 0 Å². The standard InChI is InChI=1S/C11H14F3N3OS/c12-11(13,14)6-17-2-1-8(4-17)3-15-10(18)9-5-19-7-16-9/h5,7-8H,1-4,6H2,(H,15,18). The molecule has 1 atom stereocenters. The highest BCUT2D eigenvalue weighted by molar-refractivity contribution is 7.07. The molecule has 1 N–H and O–H groups in total. The number of hydrogen-bond acceptors (Lipinski definition) is 4. The van der Waals surface area contributed by atoms with Crippen molar-refractivity contribution in [3.05, 3.63) is 16.6 Å². The fourth-order valence-corrected chi connectivity index (χ4v) is 2.66. The van der Waals surface area contributed by atoms with Crippen molar-refractivity contribution in [3.63, 3.8) is 0 Å². The summed E-state index contributed by atoms with van der Waals surface area (Å²) < 4.78 is 36.6. The van der Waals surface area contributed by atoms with E-state index in [1.807, 2.05) is 0 Å². The van der Waals surface area contributed by atoms with E-state index in [0.717, 1.165) is 0 Å². The smallest absolute Gasteiger partial charge is 0.350 e. The van der Waals surface area contributed by atoms with Crippen LogP contribution in [0.2, 0.25) is 0 Å². The van der Waals surface area contributed by atoms with Crippen LogP contribution in [-0.2, 0) is 0 Å². The third-order valence-electron chi connectivity index (χ3n) is 2.99. The summed E-state index contributed by atoms with van der Waals surface area (Å²) in [5.41, 5.74) is 1.92. The van der Waals surface area contributed by atoms with Gasteiger partial charge in [-0.2, -0.15) is 13.2 Å². The van der Waals surface area contributed by atoms with E-state index in [4.69, 9.17) is 0 Å². The third kappa shape index (κ3) is 4.46. The van der Waals surface area contributed by atoms with Crippen LogP contribution in [0.1, 0.15) is 16.9 Å². The van der Waals surface area contributed by atoms with Gasteiger partial charge in [0.1, 0.15) is 5.69 Å². The number of thiazole rings is 1. The first-order valence-electron chi connectivity index (χ1n) is 5.89. The molecule has 1 unspecified atom stereocenters. The number of carbonyl (C=O) groups is 1. The number of aromatic nitrogens is 1. The third-order valence-corrected chi connectivity index (χ3v) is 3.58. The van der Waals surface area contributed by atoms with Gasteiger partial charge in [-0.3, -0.25) is 9.69 Å². The summed E-state index contributed by atoms with van der Waals surface area (Å²) in [6.07, 6.45) is -3.48. The van der Waals surface area contributed by atoms with Crippen LogP contribution in [0.3, 0.4) is 0 Å². The Morgan fingerprint density at radius 3 is 3.00 bits per heavy atom. The normalized spacial score (nSPS) is 20.7. The summed E-state index contributed by atoms with van der Waals surface area (Å²) in [4.78, 5) is 16.9. The zero-order valence-electron chi connectivity index (χ0n) is 10.1. The van der Waals surface area contributed by atoms with Crippen LogP contribution in [0, 0.1) is 5.92 Å². The molecule has 1 aliphatic rings. The van der Waals surface area contributed by atoms with Crippen molar-refractivity contribution < 1.29 is 18.0 Å². The summed E-state index contributed by atoms with van der Waals surface area (Å²) >= 11 is 1.33.